The molecule has 2 N–H and O–H groups in total. The van der Waals surface area contributed by atoms with Crippen molar-refractivity contribution >= 4 is 0 Å². The predicted octanol–water partition coefficient (Wildman–Crippen LogP) is 3.55. The van der Waals surface area contributed by atoms with Gasteiger partial charge in [-0.2, -0.15) is 0 Å². The van der Waals surface area contributed by atoms with Crippen LogP contribution in [-0.2, 0) is 6.42 Å². The van der Waals surface area contributed by atoms with Gasteiger partial charge in [-0.15, -0.1) is 0 Å². The number of benzene rings is 1. The van der Waals surface area contributed by atoms with Gasteiger partial charge in [0.15, 0.2) is 0 Å². The van der Waals surface area contributed by atoms with Crippen molar-refractivity contribution < 1.29 is 9.84 Å². The van der Waals surface area contributed by atoms with Crippen molar-refractivity contribution in [2.45, 2.75) is 65.0 Å². The first-order valence-electron chi connectivity index (χ1n) is 8.24. The van der Waals surface area contributed by atoms with Gasteiger partial charge in [0.25, 0.3) is 0 Å². The molecule has 1 atom stereocenters. The molecule has 1 unspecified atom stereocenters. The summed E-state index contributed by atoms with van der Waals surface area (Å²) in [7, 11) is 0. The monoisotopic (exact) mass is 293 g/mol. The molecule has 0 aliphatic heterocycles. The number of aliphatic hydroxyl groups excluding tert-OH is 1. The van der Waals surface area contributed by atoms with Gasteiger partial charge in [0.1, 0.15) is 18.5 Å². The van der Waals surface area contributed by atoms with E-state index < -0.39 is 6.10 Å². The third-order valence-electron chi connectivity index (χ3n) is 4.49. The molecule has 120 valence electrons. The third kappa shape index (κ3) is 5.68. The molecule has 3 heteroatoms. The molecular weight excluding hydrogens is 262 g/mol. The van der Waals surface area contributed by atoms with E-state index in [-0.39, 0.29) is 5.54 Å². The van der Waals surface area contributed by atoms with Crippen molar-refractivity contribution in [2.24, 2.45) is 0 Å². The van der Waals surface area contributed by atoms with Gasteiger partial charge in [0.2, 0.25) is 0 Å². The molecule has 0 aliphatic carbocycles. The first kappa shape index (κ1) is 18.0. The van der Waals surface area contributed by atoms with Crippen LogP contribution < -0.4 is 10.1 Å². The number of aryl methyl sites for hydroxylation is 1. The second-order valence-electron chi connectivity index (χ2n) is 5.69. The molecule has 1 aromatic rings. The van der Waals surface area contributed by atoms with E-state index in [1.54, 1.807) is 0 Å². The van der Waals surface area contributed by atoms with Crippen LogP contribution in [0.1, 0.15) is 52.5 Å². The minimum Gasteiger partial charge on any atom is -0.491 e. The van der Waals surface area contributed by atoms with Gasteiger partial charge in [0.05, 0.1) is 0 Å². The largest absolute Gasteiger partial charge is 0.491 e. The normalized spacial score (nSPS) is 13.2. The van der Waals surface area contributed by atoms with Crippen molar-refractivity contribution in [1.82, 2.24) is 5.32 Å². The summed E-state index contributed by atoms with van der Waals surface area (Å²) in [5, 5.41) is 13.6. The maximum Gasteiger partial charge on any atom is 0.119 e. The van der Waals surface area contributed by atoms with Crippen molar-refractivity contribution in [3.05, 3.63) is 29.8 Å². The zero-order valence-corrected chi connectivity index (χ0v) is 14.0. The molecule has 0 aromatic heterocycles. The smallest absolute Gasteiger partial charge is 0.119 e. The summed E-state index contributed by atoms with van der Waals surface area (Å²) in [5.41, 5.74) is 1.39. The highest BCUT2D eigenvalue weighted by molar-refractivity contribution is 5.28. The lowest BCUT2D eigenvalue weighted by Crippen LogP contribution is -2.47. The number of hydrogen-bond acceptors (Lipinski definition) is 3. The van der Waals surface area contributed by atoms with Gasteiger partial charge < -0.3 is 15.2 Å². The molecule has 1 aromatic carbocycles. The highest BCUT2D eigenvalue weighted by Gasteiger charge is 2.23. The van der Waals surface area contributed by atoms with Gasteiger partial charge in [-0.1, -0.05) is 39.8 Å². The van der Waals surface area contributed by atoms with Crippen molar-refractivity contribution in [2.75, 3.05) is 13.2 Å². The third-order valence-corrected chi connectivity index (χ3v) is 4.49. The molecule has 0 amide bonds. The second-order valence-corrected chi connectivity index (χ2v) is 5.69. The Morgan fingerprint density at radius 1 is 1.14 bits per heavy atom. The van der Waals surface area contributed by atoms with Crippen LogP contribution in [0.25, 0.3) is 0 Å². The van der Waals surface area contributed by atoms with Crippen LogP contribution in [0, 0.1) is 0 Å². The number of rotatable bonds is 10. The van der Waals surface area contributed by atoms with E-state index in [9.17, 15) is 5.11 Å². The first-order valence-corrected chi connectivity index (χ1v) is 8.24. The van der Waals surface area contributed by atoms with Crippen LogP contribution in [0.2, 0.25) is 0 Å². The molecule has 0 bridgehead atoms. The Morgan fingerprint density at radius 3 is 2.38 bits per heavy atom. The Labute approximate surface area is 129 Å². The minimum atomic E-state index is -0.487. The lowest BCUT2D eigenvalue weighted by atomic mass is 9.90. The summed E-state index contributed by atoms with van der Waals surface area (Å²) in [6, 6.07) is 8.06. The van der Waals surface area contributed by atoms with Crippen LogP contribution in [-0.4, -0.2) is 29.9 Å². The summed E-state index contributed by atoms with van der Waals surface area (Å²) < 4.78 is 5.69. The average Bonchev–Trinajstić information content (AvgIpc) is 2.55. The molecule has 0 heterocycles. The predicted molar refractivity (Wildman–Crippen MR) is 88.9 cm³/mol. The number of ether oxygens (including phenoxy) is 1. The van der Waals surface area contributed by atoms with E-state index in [1.807, 2.05) is 18.2 Å². The van der Waals surface area contributed by atoms with Crippen LogP contribution in [0.5, 0.6) is 5.75 Å². The standard InChI is InChI=1S/C18H31NO2/c1-5-15-10-9-11-17(12-15)21-14-16(20)13-19-18(6-2,7-3)8-4/h9-12,16,19-20H,5-8,13-14H2,1-4H3. The summed E-state index contributed by atoms with van der Waals surface area (Å²) in [5.74, 6) is 0.834. The molecule has 0 spiro atoms. The van der Waals surface area contributed by atoms with Gasteiger partial charge in [-0.25, -0.2) is 0 Å². The van der Waals surface area contributed by atoms with Crippen LogP contribution >= 0.6 is 0 Å². The maximum absolute atomic E-state index is 10.1. The molecule has 21 heavy (non-hydrogen) atoms. The molecule has 0 aliphatic rings. The zero-order valence-electron chi connectivity index (χ0n) is 14.0. The summed E-state index contributed by atoms with van der Waals surface area (Å²) in [4.78, 5) is 0. The lowest BCUT2D eigenvalue weighted by molar-refractivity contribution is 0.0942. The van der Waals surface area contributed by atoms with Crippen LogP contribution in [0.15, 0.2) is 24.3 Å². The topological polar surface area (TPSA) is 41.5 Å². The molecule has 1 rings (SSSR count). The minimum absolute atomic E-state index is 0.142. The SMILES string of the molecule is CCc1cccc(OCC(O)CNC(CC)(CC)CC)c1. The number of nitrogens with one attached hydrogen (secondary N) is 1. The molecular formula is C18H31NO2. The number of hydrogen-bond donors (Lipinski definition) is 2. The fourth-order valence-electron chi connectivity index (χ4n) is 2.57. The summed E-state index contributed by atoms with van der Waals surface area (Å²) >= 11 is 0. The number of β-amino-alcohol motifs (C(OH)–C–C–N with tert-alkyl or cyclic N) is 1. The highest BCUT2D eigenvalue weighted by atomic mass is 16.5. The molecule has 0 radical (unpaired) electrons. The van der Waals surface area contributed by atoms with Gasteiger partial charge in [-0.05, 0) is 43.4 Å². The Hall–Kier alpha value is -1.06. The van der Waals surface area contributed by atoms with E-state index >= 15 is 0 Å². The Kier molecular flexibility index (Phi) is 7.76. The molecule has 0 saturated heterocycles. The average molecular weight is 293 g/mol. The van der Waals surface area contributed by atoms with E-state index in [2.05, 4.69) is 39.1 Å². The number of aliphatic hydroxyl groups is 1. The van der Waals surface area contributed by atoms with E-state index in [0.29, 0.717) is 13.2 Å². The maximum atomic E-state index is 10.1. The van der Waals surface area contributed by atoms with Crippen molar-refractivity contribution in [1.29, 1.82) is 0 Å². The van der Waals surface area contributed by atoms with Gasteiger partial charge >= 0.3 is 0 Å². The Morgan fingerprint density at radius 2 is 1.81 bits per heavy atom. The van der Waals surface area contributed by atoms with Crippen LogP contribution in [0.3, 0.4) is 0 Å². The fraction of sp³-hybridized carbons (Fsp3) is 0.667. The Bertz CT molecular complexity index is 394. The Balaban J connectivity index is 2.41. The first-order chi connectivity index (χ1) is 10.1. The van der Waals surface area contributed by atoms with Gasteiger partial charge in [0, 0.05) is 12.1 Å². The van der Waals surface area contributed by atoms with Crippen LogP contribution in [0.4, 0.5) is 0 Å². The van der Waals surface area contributed by atoms with Crippen molar-refractivity contribution in [3.8, 4) is 5.75 Å². The molecule has 0 saturated carbocycles. The summed E-state index contributed by atoms with van der Waals surface area (Å²) in [6.07, 6.45) is 3.73. The quantitative estimate of drug-likeness (QED) is 0.693. The fourth-order valence-corrected chi connectivity index (χ4v) is 2.57. The lowest BCUT2D eigenvalue weighted by Gasteiger charge is -2.33. The van der Waals surface area contributed by atoms with E-state index in [1.165, 1.54) is 5.56 Å². The second kappa shape index (κ2) is 9.06. The van der Waals surface area contributed by atoms with E-state index in [0.717, 1.165) is 31.4 Å². The molecule has 0 fully saturated rings. The van der Waals surface area contributed by atoms with Gasteiger partial charge in [-0.3, -0.25) is 0 Å². The van der Waals surface area contributed by atoms with E-state index in [4.69, 9.17) is 4.74 Å². The highest BCUT2D eigenvalue weighted by Crippen LogP contribution is 2.19. The zero-order chi connectivity index (χ0) is 15.7. The summed E-state index contributed by atoms with van der Waals surface area (Å²) in [6.45, 7) is 9.60. The molecule has 3 nitrogen and oxygen atoms in total. The van der Waals surface area contributed by atoms with Crippen molar-refractivity contribution in [3.63, 3.8) is 0 Å².